The van der Waals surface area contributed by atoms with Crippen molar-refractivity contribution in [2.24, 2.45) is 0 Å². The first-order valence-corrected chi connectivity index (χ1v) is 8.15. The van der Waals surface area contributed by atoms with Crippen LogP contribution in [0.1, 0.15) is 31.9 Å². The molecule has 0 radical (unpaired) electrons. The Labute approximate surface area is 143 Å². The number of ether oxygens (including phenoxy) is 2. The van der Waals surface area contributed by atoms with Crippen molar-refractivity contribution in [1.82, 2.24) is 10.2 Å². The van der Waals surface area contributed by atoms with Gasteiger partial charge in [0.25, 0.3) is 0 Å². The van der Waals surface area contributed by atoms with Gasteiger partial charge in [-0.2, -0.15) is 0 Å². The number of fused-ring (bicyclic) bond motifs is 1. The van der Waals surface area contributed by atoms with Gasteiger partial charge in [-0.1, -0.05) is 24.3 Å². The predicted molar refractivity (Wildman–Crippen MR) is 90.6 cm³/mol. The Morgan fingerprint density at radius 1 is 1.25 bits per heavy atom. The summed E-state index contributed by atoms with van der Waals surface area (Å²) in [6, 6.07) is 7.28. The average Bonchev–Trinajstić information content (AvgIpc) is 2.52. The maximum atomic E-state index is 12.6. The summed E-state index contributed by atoms with van der Waals surface area (Å²) in [5, 5.41) is 2.82. The van der Waals surface area contributed by atoms with Gasteiger partial charge in [0.2, 0.25) is 5.91 Å². The standard InChI is InChI=1S/C18H26N2O4/c1-18(2,3)24-17(22)20-12-14-8-6-5-7-13(14)11-15(20)16(21)19-9-10-23-4/h5-8,15H,9-12H2,1-4H3,(H,19,21)/t15-/m1/s1. The van der Waals surface area contributed by atoms with Gasteiger partial charge >= 0.3 is 6.09 Å². The number of nitrogens with zero attached hydrogens (tertiary/aromatic N) is 1. The van der Waals surface area contributed by atoms with Crippen molar-refractivity contribution in [3.63, 3.8) is 0 Å². The van der Waals surface area contributed by atoms with Crippen molar-refractivity contribution in [2.45, 2.75) is 45.4 Å². The second-order valence-electron chi connectivity index (χ2n) is 6.88. The number of nitrogens with one attached hydrogen (secondary N) is 1. The molecule has 0 saturated heterocycles. The number of benzene rings is 1. The Morgan fingerprint density at radius 3 is 2.54 bits per heavy atom. The molecule has 1 aliphatic rings. The number of hydrogen-bond acceptors (Lipinski definition) is 4. The van der Waals surface area contributed by atoms with Crippen molar-refractivity contribution < 1.29 is 19.1 Å². The zero-order chi connectivity index (χ0) is 17.7. The molecule has 1 atom stereocenters. The molecule has 1 heterocycles. The van der Waals surface area contributed by atoms with E-state index in [-0.39, 0.29) is 5.91 Å². The highest BCUT2D eigenvalue weighted by Crippen LogP contribution is 2.25. The molecule has 6 nitrogen and oxygen atoms in total. The number of carbonyl (C=O) groups excluding carboxylic acids is 2. The van der Waals surface area contributed by atoms with Gasteiger partial charge in [-0.05, 0) is 31.9 Å². The first kappa shape index (κ1) is 18.3. The summed E-state index contributed by atoms with van der Waals surface area (Å²) in [6.07, 6.45) is 0.0118. The van der Waals surface area contributed by atoms with E-state index in [2.05, 4.69) is 5.32 Å². The molecule has 0 bridgehead atoms. The Kier molecular flexibility index (Phi) is 5.83. The van der Waals surface area contributed by atoms with E-state index in [9.17, 15) is 9.59 Å². The third-order valence-electron chi connectivity index (χ3n) is 3.78. The van der Waals surface area contributed by atoms with Crippen LogP contribution in [0.2, 0.25) is 0 Å². The Bertz CT molecular complexity index is 595. The van der Waals surface area contributed by atoms with E-state index in [0.29, 0.717) is 26.1 Å². The fourth-order valence-electron chi connectivity index (χ4n) is 2.66. The average molecular weight is 334 g/mol. The maximum absolute atomic E-state index is 12.6. The zero-order valence-electron chi connectivity index (χ0n) is 14.8. The quantitative estimate of drug-likeness (QED) is 0.857. The fourth-order valence-corrected chi connectivity index (χ4v) is 2.66. The maximum Gasteiger partial charge on any atom is 0.411 e. The lowest BCUT2D eigenvalue weighted by Crippen LogP contribution is -2.54. The minimum Gasteiger partial charge on any atom is -0.444 e. The van der Waals surface area contributed by atoms with Crippen LogP contribution in [0.5, 0.6) is 0 Å². The number of hydrogen-bond donors (Lipinski definition) is 1. The van der Waals surface area contributed by atoms with Crippen molar-refractivity contribution in [2.75, 3.05) is 20.3 Å². The summed E-state index contributed by atoms with van der Waals surface area (Å²) in [4.78, 5) is 26.6. The second kappa shape index (κ2) is 7.66. The third kappa shape index (κ3) is 4.71. The van der Waals surface area contributed by atoms with Crippen LogP contribution in [0.4, 0.5) is 4.79 Å². The molecule has 0 aliphatic carbocycles. The highest BCUT2D eigenvalue weighted by atomic mass is 16.6. The predicted octanol–water partition coefficient (Wildman–Crippen LogP) is 2.11. The second-order valence-corrected chi connectivity index (χ2v) is 6.88. The SMILES string of the molecule is COCCNC(=O)[C@H]1Cc2ccccc2CN1C(=O)OC(C)(C)C. The molecule has 0 saturated carbocycles. The van der Waals surface area contributed by atoms with Crippen LogP contribution in [-0.4, -0.2) is 48.8 Å². The molecule has 1 N–H and O–H groups in total. The summed E-state index contributed by atoms with van der Waals surface area (Å²) in [7, 11) is 1.58. The highest BCUT2D eigenvalue weighted by molar-refractivity contribution is 5.86. The molecule has 0 spiro atoms. The monoisotopic (exact) mass is 334 g/mol. The Balaban J connectivity index is 2.19. The fraction of sp³-hybridized carbons (Fsp3) is 0.556. The summed E-state index contributed by atoms with van der Waals surface area (Å²) in [6.45, 7) is 6.66. The van der Waals surface area contributed by atoms with Crippen molar-refractivity contribution in [3.8, 4) is 0 Å². The molecule has 1 aliphatic heterocycles. The Morgan fingerprint density at radius 2 is 1.92 bits per heavy atom. The summed E-state index contributed by atoms with van der Waals surface area (Å²) >= 11 is 0. The minimum absolute atomic E-state index is 0.188. The minimum atomic E-state index is -0.606. The van der Waals surface area contributed by atoms with Gasteiger partial charge in [-0.3, -0.25) is 9.69 Å². The smallest absolute Gasteiger partial charge is 0.411 e. The van der Waals surface area contributed by atoms with E-state index in [0.717, 1.165) is 11.1 Å². The van der Waals surface area contributed by atoms with Gasteiger partial charge in [0.05, 0.1) is 13.2 Å². The van der Waals surface area contributed by atoms with Gasteiger partial charge < -0.3 is 14.8 Å². The third-order valence-corrected chi connectivity index (χ3v) is 3.78. The van der Waals surface area contributed by atoms with E-state index >= 15 is 0 Å². The molecule has 2 rings (SSSR count). The van der Waals surface area contributed by atoms with Crippen LogP contribution in [0.15, 0.2) is 24.3 Å². The summed E-state index contributed by atoms with van der Waals surface area (Å²) < 4.78 is 10.4. The lowest BCUT2D eigenvalue weighted by Gasteiger charge is -2.36. The lowest BCUT2D eigenvalue weighted by molar-refractivity contribution is -0.127. The van der Waals surface area contributed by atoms with E-state index in [1.54, 1.807) is 7.11 Å². The molecule has 2 amide bonds. The molecule has 132 valence electrons. The van der Waals surface area contributed by atoms with Crippen LogP contribution in [0, 0.1) is 0 Å². The molecule has 0 fully saturated rings. The Hall–Kier alpha value is -2.08. The molecular formula is C18H26N2O4. The van der Waals surface area contributed by atoms with Gasteiger partial charge in [-0.15, -0.1) is 0 Å². The topological polar surface area (TPSA) is 67.9 Å². The zero-order valence-corrected chi connectivity index (χ0v) is 14.8. The largest absolute Gasteiger partial charge is 0.444 e. The first-order chi connectivity index (χ1) is 11.3. The van der Waals surface area contributed by atoms with Crippen molar-refractivity contribution in [1.29, 1.82) is 0 Å². The van der Waals surface area contributed by atoms with E-state index in [4.69, 9.17) is 9.47 Å². The van der Waals surface area contributed by atoms with Gasteiger partial charge in [-0.25, -0.2) is 4.79 Å². The lowest BCUT2D eigenvalue weighted by atomic mass is 9.94. The number of amides is 2. The van der Waals surface area contributed by atoms with E-state index < -0.39 is 17.7 Å². The van der Waals surface area contributed by atoms with Gasteiger partial charge in [0.1, 0.15) is 11.6 Å². The number of methoxy groups -OCH3 is 1. The van der Waals surface area contributed by atoms with Crippen LogP contribution >= 0.6 is 0 Å². The first-order valence-electron chi connectivity index (χ1n) is 8.15. The molecule has 6 heteroatoms. The molecular weight excluding hydrogens is 308 g/mol. The highest BCUT2D eigenvalue weighted by Gasteiger charge is 2.36. The van der Waals surface area contributed by atoms with Gasteiger partial charge in [0, 0.05) is 20.1 Å². The summed E-state index contributed by atoms with van der Waals surface area (Å²) in [5.74, 6) is -0.188. The number of rotatable bonds is 4. The van der Waals surface area contributed by atoms with Gasteiger partial charge in [0.15, 0.2) is 0 Å². The normalized spacial score (nSPS) is 17.2. The molecule has 1 aromatic rings. The molecule has 1 aromatic carbocycles. The van der Waals surface area contributed by atoms with Crippen LogP contribution in [-0.2, 0) is 27.2 Å². The number of carbonyl (C=O) groups is 2. The van der Waals surface area contributed by atoms with E-state index in [1.807, 2.05) is 45.0 Å². The molecule has 0 aromatic heterocycles. The molecule has 0 unspecified atom stereocenters. The van der Waals surface area contributed by atoms with Crippen LogP contribution in [0.25, 0.3) is 0 Å². The van der Waals surface area contributed by atoms with Crippen molar-refractivity contribution in [3.05, 3.63) is 35.4 Å². The van der Waals surface area contributed by atoms with Crippen LogP contribution in [0.3, 0.4) is 0 Å². The summed E-state index contributed by atoms with van der Waals surface area (Å²) in [5.41, 5.74) is 1.53. The van der Waals surface area contributed by atoms with E-state index in [1.165, 1.54) is 4.90 Å². The van der Waals surface area contributed by atoms with Crippen LogP contribution < -0.4 is 5.32 Å². The van der Waals surface area contributed by atoms with Crippen molar-refractivity contribution >= 4 is 12.0 Å². The molecule has 24 heavy (non-hydrogen) atoms.